The van der Waals surface area contributed by atoms with E-state index in [1.54, 1.807) is 0 Å². The van der Waals surface area contributed by atoms with Crippen LogP contribution in [0, 0.1) is 5.92 Å². The normalized spacial score (nSPS) is 24.2. The number of carbonyl (C=O) groups excluding carboxylic acids is 1. The molecule has 2 rings (SSSR count). The lowest BCUT2D eigenvalue weighted by Gasteiger charge is -2.32. The monoisotopic (exact) mass is 363 g/mol. The van der Waals surface area contributed by atoms with E-state index in [0.717, 1.165) is 23.8 Å². The van der Waals surface area contributed by atoms with Gasteiger partial charge in [-0.25, -0.2) is 0 Å². The predicted molar refractivity (Wildman–Crippen MR) is 94.6 cm³/mol. The second-order valence-corrected chi connectivity index (χ2v) is 10.1. The van der Waals surface area contributed by atoms with E-state index in [4.69, 9.17) is 0 Å². The number of amides is 1. The molecule has 0 spiro atoms. The third kappa shape index (κ3) is 5.34. The zero-order valence-electron chi connectivity index (χ0n) is 14.2. The van der Waals surface area contributed by atoms with Crippen molar-refractivity contribution in [1.82, 2.24) is 13.9 Å². The zero-order valence-corrected chi connectivity index (χ0v) is 15.8. The summed E-state index contributed by atoms with van der Waals surface area (Å²) in [7, 11) is -0.366. The van der Waals surface area contributed by atoms with Gasteiger partial charge in [0.1, 0.15) is 0 Å². The molecule has 6 nitrogen and oxygen atoms in total. The van der Waals surface area contributed by atoms with Gasteiger partial charge in [-0.1, -0.05) is 12.8 Å². The zero-order chi connectivity index (χ0) is 16.9. The summed E-state index contributed by atoms with van der Waals surface area (Å²) in [5.74, 6) is 0.716. The average molecular weight is 364 g/mol. The quantitative estimate of drug-likeness (QED) is 0.692. The van der Waals surface area contributed by atoms with E-state index < -0.39 is 10.2 Å². The van der Waals surface area contributed by atoms with E-state index in [9.17, 15) is 13.2 Å². The molecule has 8 heteroatoms. The molecule has 0 bridgehead atoms. The summed E-state index contributed by atoms with van der Waals surface area (Å²) in [6, 6.07) is 0. The fraction of sp³-hybridized carbons (Fsp3) is 0.933. The van der Waals surface area contributed by atoms with Crippen molar-refractivity contribution >= 4 is 27.9 Å². The van der Waals surface area contributed by atoms with Crippen molar-refractivity contribution in [3.05, 3.63) is 0 Å². The first-order valence-electron chi connectivity index (χ1n) is 8.48. The number of piperidine rings is 1. The number of hydrogen-bond acceptors (Lipinski definition) is 4. The van der Waals surface area contributed by atoms with Crippen LogP contribution in [0.3, 0.4) is 0 Å². The molecule has 0 radical (unpaired) electrons. The van der Waals surface area contributed by atoms with Gasteiger partial charge in [0.2, 0.25) is 5.91 Å². The van der Waals surface area contributed by atoms with Crippen molar-refractivity contribution in [3.63, 3.8) is 0 Å². The van der Waals surface area contributed by atoms with Crippen LogP contribution < -0.4 is 5.32 Å². The summed E-state index contributed by atoms with van der Waals surface area (Å²) in [6.07, 6.45) is 6.78. The average Bonchev–Trinajstić information content (AvgIpc) is 3.04. The molecule has 2 fully saturated rings. The highest BCUT2D eigenvalue weighted by Gasteiger charge is 2.33. The van der Waals surface area contributed by atoms with Crippen molar-refractivity contribution in [2.24, 2.45) is 5.92 Å². The first-order valence-corrected chi connectivity index (χ1v) is 10.9. The second-order valence-electron chi connectivity index (χ2n) is 6.56. The van der Waals surface area contributed by atoms with Crippen molar-refractivity contribution in [3.8, 4) is 0 Å². The lowest BCUT2D eigenvalue weighted by Crippen LogP contribution is -2.49. The topological polar surface area (TPSA) is 69.7 Å². The van der Waals surface area contributed by atoms with E-state index in [-0.39, 0.29) is 11.8 Å². The molecule has 0 aromatic rings. The Labute approximate surface area is 144 Å². The van der Waals surface area contributed by atoms with Crippen molar-refractivity contribution in [1.29, 1.82) is 0 Å². The van der Waals surface area contributed by atoms with Crippen molar-refractivity contribution in [2.75, 3.05) is 39.5 Å². The van der Waals surface area contributed by atoms with Crippen molar-refractivity contribution in [2.45, 2.75) is 43.8 Å². The lowest BCUT2D eigenvalue weighted by atomic mass is 9.99. The molecule has 1 aliphatic carbocycles. The standard InChI is InChI=1S/C15H29N3O3S2/c1-17(2)23(20,21)18-10-5-6-13(12-18)15(19)16-9-11-22-14-7-3-4-8-14/h13-14H,3-12H2,1-2H3,(H,16,19)/t13-/m1/s1. The predicted octanol–water partition coefficient (Wildman–Crippen LogP) is 1.30. The minimum absolute atomic E-state index is 0.00400. The molecule has 1 saturated heterocycles. The third-order valence-electron chi connectivity index (χ3n) is 4.60. The van der Waals surface area contributed by atoms with Gasteiger partial charge in [0.15, 0.2) is 0 Å². The number of nitrogens with zero attached hydrogens (tertiary/aromatic N) is 2. The number of hydrogen-bond donors (Lipinski definition) is 1. The molecule has 0 aromatic carbocycles. The van der Waals surface area contributed by atoms with Crippen LogP contribution in [0.4, 0.5) is 0 Å². The minimum Gasteiger partial charge on any atom is -0.355 e. The number of rotatable bonds is 7. The lowest BCUT2D eigenvalue weighted by molar-refractivity contribution is -0.125. The molecule has 1 aliphatic heterocycles. The molecule has 0 unspecified atom stereocenters. The summed E-state index contributed by atoms with van der Waals surface area (Å²) in [5.41, 5.74) is 0. The molecule has 0 aromatic heterocycles. The van der Waals surface area contributed by atoms with Crippen LogP contribution in [0.2, 0.25) is 0 Å². The maximum atomic E-state index is 12.3. The molecule has 1 heterocycles. The van der Waals surface area contributed by atoms with Crippen LogP contribution in [0.25, 0.3) is 0 Å². The van der Waals surface area contributed by atoms with Crippen LogP contribution in [0.1, 0.15) is 38.5 Å². The third-order valence-corrected chi connectivity index (χ3v) is 7.89. The van der Waals surface area contributed by atoms with Crippen LogP contribution in [-0.2, 0) is 15.0 Å². The molecule has 1 saturated carbocycles. The SMILES string of the molecule is CN(C)S(=O)(=O)N1CCC[C@@H](C(=O)NCCSC2CCCC2)C1. The van der Waals surface area contributed by atoms with E-state index >= 15 is 0 Å². The number of carbonyl (C=O) groups is 1. The van der Waals surface area contributed by atoms with Crippen LogP contribution >= 0.6 is 11.8 Å². The summed E-state index contributed by atoms with van der Waals surface area (Å²) < 4.78 is 27.0. The molecular formula is C15H29N3O3S2. The van der Waals surface area contributed by atoms with Gasteiger partial charge in [0.25, 0.3) is 10.2 Å². The maximum absolute atomic E-state index is 12.3. The fourth-order valence-electron chi connectivity index (χ4n) is 3.20. The first kappa shape index (κ1) is 19.0. The van der Waals surface area contributed by atoms with E-state index in [1.807, 2.05) is 11.8 Å². The van der Waals surface area contributed by atoms with Crippen LogP contribution in [0.15, 0.2) is 0 Å². The second kappa shape index (κ2) is 8.69. The molecule has 1 amide bonds. The minimum atomic E-state index is -3.42. The Morgan fingerprint density at radius 1 is 1.22 bits per heavy atom. The van der Waals surface area contributed by atoms with Gasteiger partial charge in [0, 0.05) is 44.7 Å². The van der Waals surface area contributed by atoms with Crippen LogP contribution in [-0.4, -0.2) is 67.7 Å². The molecule has 2 aliphatic rings. The van der Waals surface area contributed by atoms with Gasteiger partial charge in [0.05, 0.1) is 5.92 Å². The Morgan fingerprint density at radius 2 is 1.91 bits per heavy atom. The molecular weight excluding hydrogens is 334 g/mol. The van der Waals surface area contributed by atoms with Gasteiger partial charge in [-0.2, -0.15) is 28.8 Å². The summed E-state index contributed by atoms with van der Waals surface area (Å²) in [6.45, 7) is 1.47. The first-order chi connectivity index (χ1) is 10.9. The Balaban J connectivity index is 1.73. The Morgan fingerprint density at radius 3 is 2.57 bits per heavy atom. The van der Waals surface area contributed by atoms with E-state index in [1.165, 1.54) is 48.4 Å². The highest BCUT2D eigenvalue weighted by atomic mass is 32.2. The Kier molecular flexibility index (Phi) is 7.19. The Bertz CT molecular complexity index is 490. The van der Waals surface area contributed by atoms with Crippen LogP contribution in [0.5, 0.6) is 0 Å². The van der Waals surface area contributed by atoms with Gasteiger partial charge in [-0.05, 0) is 25.7 Å². The Hall–Kier alpha value is -0.310. The molecule has 1 atom stereocenters. The van der Waals surface area contributed by atoms with E-state index in [0.29, 0.717) is 19.6 Å². The van der Waals surface area contributed by atoms with Gasteiger partial charge in [-0.15, -0.1) is 0 Å². The smallest absolute Gasteiger partial charge is 0.281 e. The maximum Gasteiger partial charge on any atom is 0.281 e. The largest absolute Gasteiger partial charge is 0.355 e. The molecule has 23 heavy (non-hydrogen) atoms. The van der Waals surface area contributed by atoms with Gasteiger partial charge >= 0.3 is 0 Å². The fourth-order valence-corrected chi connectivity index (χ4v) is 5.61. The number of thioether (sulfide) groups is 1. The highest BCUT2D eigenvalue weighted by Crippen LogP contribution is 2.29. The molecule has 134 valence electrons. The van der Waals surface area contributed by atoms with E-state index in [2.05, 4.69) is 5.32 Å². The van der Waals surface area contributed by atoms with Gasteiger partial charge in [-0.3, -0.25) is 4.79 Å². The van der Waals surface area contributed by atoms with Crippen molar-refractivity contribution < 1.29 is 13.2 Å². The summed E-state index contributed by atoms with van der Waals surface area (Å²) in [5, 5.41) is 3.75. The highest BCUT2D eigenvalue weighted by molar-refractivity contribution is 7.99. The molecule has 1 N–H and O–H groups in total. The summed E-state index contributed by atoms with van der Waals surface area (Å²) in [4.78, 5) is 12.3. The summed E-state index contributed by atoms with van der Waals surface area (Å²) >= 11 is 1.95. The number of nitrogens with one attached hydrogen (secondary N) is 1. The van der Waals surface area contributed by atoms with Gasteiger partial charge < -0.3 is 5.32 Å².